The van der Waals surface area contributed by atoms with E-state index in [1.54, 1.807) is 19.1 Å². The second-order valence-electron chi connectivity index (χ2n) is 8.48. The van der Waals surface area contributed by atoms with Crippen molar-refractivity contribution in [3.05, 3.63) is 66.7 Å². The molecule has 1 unspecified atom stereocenters. The van der Waals surface area contributed by atoms with E-state index in [4.69, 9.17) is 14.7 Å². The van der Waals surface area contributed by atoms with Crippen molar-refractivity contribution >= 4 is 47.7 Å². The van der Waals surface area contributed by atoms with E-state index in [2.05, 4.69) is 22.7 Å². The van der Waals surface area contributed by atoms with Gasteiger partial charge in [0, 0.05) is 0 Å². The van der Waals surface area contributed by atoms with Gasteiger partial charge in [-0.25, -0.2) is 4.79 Å². The first-order valence-corrected chi connectivity index (χ1v) is 16.2. The minimum Gasteiger partial charge on any atom is -0.462 e. The zero-order chi connectivity index (χ0) is 30.0. The molecule has 0 aromatic heterocycles. The fourth-order valence-corrected chi connectivity index (χ4v) is 5.16. The van der Waals surface area contributed by atoms with E-state index in [1.165, 1.54) is 36.1 Å². The van der Waals surface area contributed by atoms with Gasteiger partial charge in [0.05, 0.1) is 12.2 Å². The Morgan fingerprint density at radius 2 is 1.77 bits per heavy atom. The maximum absolute atomic E-state index is 12.7. The Labute approximate surface area is 238 Å². The number of anilines is 2. The van der Waals surface area contributed by atoms with E-state index in [0.717, 1.165) is 25.7 Å². The molecule has 0 radical (unpaired) electrons. The quantitative estimate of drug-likeness (QED) is 0.0675. The molecule has 2 rings (SSSR count). The summed E-state index contributed by atoms with van der Waals surface area (Å²) in [5, 5.41) is 11.4. The number of hydrogen-bond donors (Lipinski definition) is 3. The molecule has 12 heteroatoms. The zero-order valence-electron chi connectivity index (χ0n) is 23.2. The molecule has 0 spiro atoms. The van der Waals surface area contributed by atoms with Crippen molar-refractivity contribution in [1.29, 1.82) is 0 Å². The normalized spacial score (nSPS) is 11.8. The Kier molecular flexibility index (Phi) is 16.5. The van der Waals surface area contributed by atoms with Crippen molar-refractivity contribution in [3.8, 4) is 0 Å². The van der Waals surface area contributed by atoms with Crippen LogP contribution >= 0.6 is 0 Å². The van der Waals surface area contributed by atoms with E-state index < -0.39 is 20.1 Å². The molecule has 3 N–H and O–H groups in total. The number of nitrogens with zero attached hydrogens (tertiary/aromatic N) is 1. The van der Waals surface area contributed by atoms with Crippen molar-refractivity contribution in [1.82, 2.24) is 0 Å². The maximum atomic E-state index is 12.7. The van der Waals surface area contributed by atoms with Crippen LogP contribution in [0, 0.1) is 0 Å². The summed E-state index contributed by atoms with van der Waals surface area (Å²) < 4.78 is 36.1. The Bertz CT molecular complexity index is 1140. The number of hydrogen-bond acceptors (Lipinski definition) is 8. The molecule has 0 saturated carbocycles. The summed E-state index contributed by atoms with van der Waals surface area (Å²) in [5.74, 6) is -1.07. The Balaban J connectivity index is 0.000000603. The molecule has 2 amide bonds. The average molecular weight is 623 g/mol. The molecule has 11 nitrogen and oxygen atoms in total. The third-order valence-electron chi connectivity index (χ3n) is 5.27. The number of esters is 1. The smallest absolute Gasteiger partial charge is 0.338 e. The third kappa shape index (κ3) is 12.3. The minimum atomic E-state index is -5.31. The van der Waals surface area contributed by atoms with Gasteiger partial charge in [-0.05, 0) is 19.1 Å². The van der Waals surface area contributed by atoms with E-state index in [-0.39, 0.29) is 35.1 Å². The number of amides is 2. The van der Waals surface area contributed by atoms with Crippen LogP contribution in [0.1, 0.15) is 56.8 Å². The van der Waals surface area contributed by atoms with Crippen LogP contribution in [0.25, 0.3) is 0 Å². The second-order valence-corrected chi connectivity index (χ2v) is 12.0. The number of benzene rings is 2. The first-order valence-electron chi connectivity index (χ1n) is 12.9. The van der Waals surface area contributed by atoms with Crippen LogP contribution in [-0.2, 0) is 26.7 Å². The molecule has 0 aliphatic rings. The van der Waals surface area contributed by atoms with Gasteiger partial charge in [0.2, 0.25) is 0 Å². The molecule has 2 aromatic rings. The van der Waals surface area contributed by atoms with E-state index in [0.29, 0.717) is 24.5 Å². The molecule has 0 aliphatic heterocycles. The van der Waals surface area contributed by atoms with Gasteiger partial charge in [-0.3, -0.25) is 0 Å². The summed E-state index contributed by atoms with van der Waals surface area (Å²) >= 11 is -5.31. The van der Waals surface area contributed by atoms with Gasteiger partial charge in [0.25, 0.3) is 0 Å². The third-order valence-corrected chi connectivity index (χ3v) is 7.80. The van der Waals surface area contributed by atoms with Crippen LogP contribution in [0.2, 0.25) is 0 Å². The first kappa shape index (κ1) is 34.8. The summed E-state index contributed by atoms with van der Waals surface area (Å²) in [5.41, 5.74) is 0.941. The summed E-state index contributed by atoms with van der Waals surface area (Å²) in [6.07, 6.45) is 5.47. The summed E-state index contributed by atoms with van der Waals surface area (Å²) in [6, 6.07) is 12.9. The summed E-state index contributed by atoms with van der Waals surface area (Å²) in [4.78, 5) is 36.3. The Hall–Kier alpha value is -3.21. The number of carbonyl (C=O) groups is 3. The molecule has 1 atom stereocenters. The number of nitrogens with one attached hydrogen (secondary N) is 1. The van der Waals surface area contributed by atoms with E-state index in [9.17, 15) is 22.2 Å². The monoisotopic (exact) mass is 622 g/mol. The number of ether oxygens (including phenoxy) is 2. The molecular weight excluding hydrogens is 583 g/mol. The molecule has 40 heavy (non-hydrogen) atoms. The molecule has 220 valence electrons. The molecule has 2 aromatic carbocycles. The predicted molar refractivity (Wildman–Crippen MR) is 153 cm³/mol. The van der Waals surface area contributed by atoms with E-state index >= 15 is 0 Å². The fourth-order valence-electron chi connectivity index (χ4n) is 3.42. The van der Waals surface area contributed by atoms with Crippen molar-refractivity contribution < 1.29 is 40.8 Å². The second kappa shape index (κ2) is 19.0. The molecule has 0 heterocycles. The van der Waals surface area contributed by atoms with Gasteiger partial charge in [0.1, 0.15) is 0 Å². The van der Waals surface area contributed by atoms with Gasteiger partial charge < -0.3 is 4.74 Å². The summed E-state index contributed by atoms with van der Waals surface area (Å²) in [6.45, 7) is 9.45. The van der Waals surface area contributed by atoms with E-state index in [1.807, 2.05) is 18.2 Å². The van der Waals surface area contributed by atoms with Gasteiger partial charge in [-0.2, -0.15) is 0 Å². The molecule has 0 aliphatic carbocycles. The van der Waals surface area contributed by atoms with Gasteiger partial charge in [-0.1, -0.05) is 18.2 Å². The van der Waals surface area contributed by atoms with Crippen LogP contribution < -0.4 is 14.6 Å². The summed E-state index contributed by atoms with van der Waals surface area (Å²) in [7, 11) is 0. The Morgan fingerprint density at radius 3 is 2.35 bits per heavy atom. The molecule has 0 fully saturated rings. The van der Waals surface area contributed by atoms with Crippen molar-refractivity contribution in [2.75, 3.05) is 36.6 Å². The Morgan fingerprint density at radius 1 is 1.07 bits per heavy atom. The van der Waals surface area contributed by atoms with Crippen LogP contribution in [0.3, 0.4) is 0 Å². The maximum Gasteiger partial charge on any atom is 0.338 e. The number of unbranched alkanes of at least 4 members (excludes halogenated alkanes) is 3. The van der Waals surface area contributed by atoms with Crippen molar-refractivity contribution in [3.63, 3.8) is 0 Å². The van der Waals surface area contributed by atoms with Crippen LogP contribution in [-0.4, -0.2) is 67.7 Å². The van der Waals surface area contributed by atoms with Crippen molar-refractivity contribution in [2.24, 2.45) is 0 Å². The first-order chi connectivity index (χ1) is 19.1. The minimum absolute atomic E-state index is 0.0229. The SMILES string of the molecule is C=CCN(C(=O)COCCCCCC)c1cc(NC(C)=O)ccc1[As](=O)(O)OO.CCOC(=O)c1ccccc1. The fraction of sp³-hybridized carbons (Fsp3) is 0.393. The molecule has 0 saturated heterocycles. The van der Waals surface area contributed by atoms with Gasteiger partial charge >= 0.3 is 179 Å². The van der Waals surface area contributed by atoms with Crippen molar-refractivity contribution in [2.45, 2.75) is 46.5 Å². The van der Waals surface area contributed by atoms with Crippen LogP contribution in [0.15, 0.2) is 61.2 Å². The van der Waals surface area contributed by atoms with Gasteiger partial charge in [-0.15, -0.1) is 0 Å². The average Bonchev–Trinajstić information content (AvgIpc) is 2.94. The largest absolute Gasteiger partial charge is 0.462 e. The van der Waals surface area contributed by atoms with Crippen LogP contribution in [0.4, 0.5) is 11.4 Å². The predicted octanol–water partition coefficient (Wildman–Crippen LogP) is 3.68. The topological polar surface area (TPSA) is 152 Å². The number of rotatable bonds is 15. The van der Waals surface area contributed by atoms with Crippen LogP contribution in [0.5, 0.6) is 0 Å². The molecular formula is C28H39AsN2O9. The molecule has 0 bridgehead atoms. The van der Waals surface area contributed by atoms with Gasteiger partial charge in [0.15, 0.2) is 0 Å². The number of carbonyl (C=O) groups excluding carboxylic acids is 3. The standard InChI is InChI=1S/C19H29AsN2O7.C9H10O2/c1-4-6-7-8-12-28-14-19(24)22(11-5-2)18-13-16(21-15(3)23)9-10-17(18)20(25,26)29-27;1-2-11-9(10)8-6-4-3-5-7-8/h5,9-10,13,27H,2,4,6-8,11-12,14H2,1,3H3,(H,21,23)(H,25,26);3-7H,2H2,1H3. The zero-order valence-corrected chi connectivity index (χ0v) is 25.1.